The Bertz CT molecular complexity index is 831. The van der Waals surface area contributed by atoms with Crippen LogP contribution in [-0.2, 0) is 26.6 Å². The predicted molar refractivity (Wildman–Crippen MR) is 106 cm³/mol. The molecular weight excluding hydrogens is 410 g/mol. The number of carbonyl (C=O) groups is 1. The van der Waals surface area contributed by atoms with Gasteiger partial charge < -0.3 is 19.1 Å². The first-order chi connectivity index (χ1) is 13.1. The van der Waals surface area contributed by atoms with Gasteiger partial charge in [0, 0.05) is 10.0 Å². The molecule has 2 aliphatic rings. The highest BCUT2D eigenvalue weighted by atomic mass is 79.9. The van der Waals surface area contributed by atoms with Crippen LogP contribution in [-0.4, -0.2) is 25.7 Å². The van der Waals surface area contributed by atoms with Crippen molar-refractivity contribution in [1.29, 1.82) is 0 Å². The van der Waals surface area contributed by atoms with Crippen LogP contribution in [0.4, 0.5) is 5.69 Å². The fraction of sp³-hybridized carbons (Fsp3) is 0.381. The minimum Gasteiger partial charge on any atom is -0.494 e. The van der Waals surface area contributed by atoms with Crippen molar-refractivity contribution in [1.82, 2.24) is 0 Å². The Hall–Kier alpha value is -1.89. The van der Waals surface area contributed by atoms with Crippen molar-refractivity contribution in [3.63, 3.8) is 0 Å². The van der Waals surface area contributed by atoms with Gasteiger partial charge >= 0.3 is 0 Å². The molecule has 0 aromatic heterocycles. The normalized spacial score (nSPS) is 17.6. The van der Waals surface area contributed by atoms with Crippen LogP contribution in [0.1, 0.15) is 30.9 Å². The highest BCUT2D eigenvalue weighted by molar-refractivity contribution is 9.10. The third kappa shape index (κ3) is 3.37. The van der Waals surface area contributed by atoms with Gasteiger partial charge in [0.15, 0.2) is 0 Å². The molecule has 142 valence electrons. The molecule has 27 heavy (non-hydrogen) atoms. The van der Waals surface area contributed by atoms with E-state index in [0.717, 1.165) is 46.5 Å². The molecule has 0 aliphatic carbocycles. The molecule has 5 nitrogen and oxygen atoms in total. The van der Waals surface area contributed by atoms with Crippen LogP contribution in [0.25, 0.3) is 0 Å². The van der Waals surface area contributed by atoms with Crippen molar-refractivity contribution in [3.05, 3.63) is 58.1 Å². The summed E-state index contributed by atoms with van der Waals surface area (Å²) in [5.41, 5.74) is 2.61. The second-order valence-electron chi connectivity index (χ2n) is 6.71. The van der Waals surface area contributed by atoms with Gasteiger partial charge in [-0.05, 0) is 42.3 Å². The average molecular weight is 432 g/mol. The van der Waals surface area contributed by atoms with Gasteiger partial charge in [-0.3, -0.25) is 4.79 Å². The number of nitrogens with zero attached hydrogens (tertiary/aromatic N) is 1. The third-order valence-corrected chi connectivity index (χ3v) is 5.35. The molecule has 6 heteroatoms. The minimum absolute atomic E-state index is 0.170. The van der Waals surface area contributed by atoms with E-state index in [0.29, 0.717) is 19.8 Å². The quantitative estimate of drug-likeness (QED) is 0.636. The zero-order chi connectivity index (χ0) is 18.9. The van der Waals surface area contributed by atoms with Crippen molar-refractivity contribution >= 4 is 27.5 Å². The molecule has 2 aliphatic heterocycles. The van der Waals surface area contributed by atoms with Crippen molar-refractivity contribution < 1.29 is 19.0 Å². The molecule has 1 fully saturated rings. The zero-order valence-electron chi connectivity index (χ0n) is 15.2. The fourth-order valence-electron chi connectivity index (χ4n) is 3.47. The van der Waals surface area contributed by atoms with Crippen LogP contribution in [0.2, 0.25) is 0 Å². The van der Waals surface area contributed by atoms with Gasteiger partial charge in [-0.1, -0.05) is 41.4 Å². The Morgan fingerprint density at radius 1 is 1.15 bits per heavy atom. The molecule has 1 spiro atoms. The first-order valence-electron chi connectivity index (χ1n) is 9.26. The van der Waals surface area contributed by atoms with Gasteiger partial charge in [0.1, 0.15) is 5.75 Å². The van der Waals surface area contributed by atoms with Crippen LogP contribution in [0, 0.1) is 0 Å². The summed E-state index contributed by atoms with van der Waals surface area (Å²) in [4.78, 5) is 14.9. The number of unbranched alkanes of at least 4 members (excludes halogenated alkanes) is 1. The monoisotopic (exact) mass is 431 g/mol. The molecule has 4 rings (SSSR count). The summed E-state index contributed by atoms with van der Waals surface area (Å²) >= 11 is 3.48. The lowest BCUT2D eigenvalue weighted by Gasteiger charge is -2.22. The largest absolute Gasteiger partial charge is 0.494 e. The number of hydrogen-bond donors (Lipinski definition) is 0. The summed E-state index contributed by atoms with van der Waals surface area (Å²) in [7, 11) is 0. The van der Waals surface area contributed by atoms with Gasteiger partial charge in [0.05, 0.1) is 32.1 Å². The Labute approximate surface area is 167 Å². The van der Waals surface area contributed by atoms with Gasteiger partial charge in [-0.2, -0.15) is 0 Å². The maximum absolute atomic E-state index is 13.2. The summed E-state index contributed by atoms with van der Waals surface area (Å²) in [6.45, 7) is 4.14. The van der Waals surface area contributed by atoms with Gasteiger partial charge in [0.25, 0.3) is 11.7 Å². The van der Waals surface area contributed by atoms with E-state index in [4.69, 9.17) is 14.2 Å². The van der Waals surface area contributed by atoms with Gasteiger partial charge in [0.2, 0.25) is 0 Å². The maximum atomic E-state index is 13.2. The number of fused-ring (bicyclic) bond motifs is 2. The standard InChI is InChI=1S/C21H22BrNO4/c1-2-3-10-25-17-7-4-15(5-8-17)14-23-19-9-6-16(22)13-18(19)21(20(23)24)26-11-12-27-21/h4-9,13H,2-3,10-12,14H2,1H3. The lowest BCUT2D eigenvalue weighted by molar-refractivity contribution is -0.180. The molecule has 0 unspecified atom stereocenters. The lowest BCUT2D eigenvalue weighted by Crippen LogP contribution is -2.40. The summed E-state index contributed by atoms with van der Waals surface area (Å²) in [6.07, 6.45) is 2.15. The summed E-state index contributed by atoms with van der Waals surface area (Å²) < 4.78 is 18.2. The van der Waals surface area contributed by atoms with Crippen LogP contribution in [0.3, 0.4) is 0 Å². The maximum Gasteiger partial charge on any atom is 0.292 e. The Morgan fingerprint density at radius 2 is 1.89 bits per heavy atom. The van der Waals surface area contributed by atoms with E-state index in [1.54, 1.807) is 4.90 Å². The molecule has 2 heterocycles. The predicted octanol–water partition coefficient (Wildman–Crippen LogP) is 4.37. The number of hydrogen-bond acceptors (Lipinski definition) is 4. The molecule has 1 amide bonds. The van der Waals surface area contributed by atoms with Crippen LogP contribution < -0.4 is 9.64 Å². The summed E-state index contributed by atoms with van der Waals surface area (Å²) in [5.74, 6) is -0.623. The zero-order valence-corrected chi connectivity index (χ0v) is 16.8. The summed E-state index contributed by atoms with van der Waals surface area (Å²) in [6, 6.07) is 13.7. The second-order valence-corrected chi connectivity index (χ2v) is 7.63. The van der Waals surface area contributed by atoms with Crippen molar-refractivity contribution in [3.8, 4) is 5.75 Å². The molecule has 1 saturated heterocycles. The van der Waals surface area contributed by atoms with Crippen LogP contribution in [0.15, 0.2) is 46.9 Å². The number of rotatable bonds is 6. The van der Waals surface area contributed by atoms with E-state index < -0.39 is 5.79 Å². The number of anilines is 1. The number of halogens is 1. The number of benzene rings is 2. The molecule has 2 aromatic rings. The molecule has 0 bridgehead atoms. The number of amides is 1. The molecular formula is C21H22BrNO4. The summed E-state index contributed by atoms with van der Waals surface area (Å²) in [5, 5.41) is 0. The van der Waals surface area contributed by atoms with E-state index in [-0.39, 0.29) is 5.91 Å². The van der Waals surface area contributed by atoms with E-state index in [1.807, 2.05) is 42.5 Å². The SMILES string of the molecule is CCCCOc1ccc(CN2C(=O)C3(OCCO3)c3cc(Br)ccc32)cc1. The Balaban J connectivity index is 1.57. The number of ether oxygens (including phenoxy) is 3. The van der Waals surface area contributed by atoms with Crippen molar-refractivity contribution in [2.75, 3.05) is 24.7 Å². The lowest BCUT2D eigenvalue weighted by atomic mass is 10.1. The first kappa shape index (κ1) is 18.5. The average Bonchev–Trinajstić information content (AvgIpc) is 3.25. The number of carbonyl (C=O) groups excluding carboxylic acids is 1. The third-order valence-electron chi connectivity index (χ3n) is 4.86. The first-order valence-corrected chi connectivity index (χ1v) is 10.0. The molecule has 0 saturated carbocycles. The minimum atomic E-state index is -1.30. The smallest absolute Gasteiger partial charge is 0.292 e. The molecule has 0 N–H and O–H groups in total. The topological polar surface area (TPSA) is 48.0 Å². The van der Waals surface area contributed by atoms with Gasteiger partial charge in [-0.25, -0.2) is 0 Å². The highest BCUT2D eigenvalue weighted by Crippen LogP contribution is 2.47. The van der Waals surface area contributed by atoms with E-state index >= 15 is 0 Å². The van der Waals surface area contributed by atoms with Crippen molar-refractivity contribution in [2.45, 2.75) is 32.1 Å². The molecule has 0 atom stereocenters. The van der Waals surface area contributed by atoms with E-state index in [2.05, 4.69) is 22.9 Å². The Morgan fingerprint density at radius 3 is 2.59 bits per heavy atom. The highest BCUT2D eigenvalue weighted by Gasteiger charge is 2.56. The Kier molecular flexibility index (Phi) is 5.21. The van der Waals surface area contributed by atoms with Gasteiger partial charge in [-0.15, -0.1) is 0 Å². The van der Waals surface area contributed by atoms with Crippen molar-refractivity contribution in [2.24, 2.45) is 0 Å². The van der Waals surface area contributed by atoms with E-state index in [9.17, 15) is 4.79 Å². The van der Waals surface area contributed by atoms with Crippen LogP contribution in [0.5, 0.6) is 5.75 Å². The fourth-order valence-corrected chi connectivity index (χ4v) is 3.83. The second kappa shape index (κ2) is 7.62. The molecule has 2 aromatic carbocycles. The van der Waals surface area contributed by atoms with E-state index in [1.165, 1.54) is 0 Å². The van der Waals surface area contributed by atoms with Crippen LogP contribution >= 0.6 is 15.9 Å². The molecule has 0 radical (unpaired) electrons.